The maximum Gasteiger partial charge on any atom is 0.252 e. The summed E-state index contributed by atoms with van der Waals surface area (Å²) in [5.74, 6) is 0.592. The molecular formula is C15H19NO2. The van der Waals surface area contributed by atoms with Crippen LogP contribution in [0.1, 0.15) is 36.8 Å². The van der Waals surface area contributed by atoms with Crippen molar-refractivity contribution in [2.75, 3.05) is 13.2 Å². The van der Waals surface area contributed by atoms with Crippen LogP contribution in [0.15, 0.2) is 24.3 Å². The molecule has 2 heterocycles. The van der Waals surface area contributed by atoms with Gasteiger partial charge in [0.15, 0.2) is 0 Å². The van der Waals surface area contributed by atoms with Crippen LogP contribution in [-0.2, 0) is 16.1 Å². The lowest BCUT2D eigenvalue weighted by Crippen LogP contribution is -2.42. The summed E-state index contributed by atoms with van der Waals surface area (Å²) in [6.07, 6.45) is 1.70. The Morgan fingerprint density at radius 3 is 3.00 bits per heavy atom. The summed E-state index contributed by atoms with van der Waals surface area (Å²) in [4.78, 5) is 14.3. The molecule has 0 aromatic heterocycles. The largest absolute Gasteiger partial charge is 0.368 e. The van der Waals surface area contributed by atoms with E-state index in [-0.39, 0.29) is 12.0 Å². The number of ether oxygens (including phenoxy) is 1. The highest BCUT2D eigenvalue weighted by Gasteiger charge is 2.32. The molecule has 18 heavy (non-hydrogen) atoms. The van der Waals surface area contributed by atoms with E-state index in [0.29, 0.717) is 5.92 Å². The number of carbonyl (C=O) groups excluding carboxylic acids is 1. The molecule has 0 N–H and O–H groups in total. The van der Waals surface area contributed by atoms with Crippen LogP contribution in [-0.4, -0.2) is 30.1 Å². The van der Waals surface area contributed by atoms with Crippen LogP contribution in [0.25, 0.3) is 0 Å². The van der Waals surface area contributed by atoms with Gasteiger partial charge in [0.05, 0.1) is 0 Å². The number of benzene rings is 1. The Labute approximate surface area is 108 Å². The summed E-state index contributed by atoms with van der Waals surface area (Å²) >= 11 is 0. The van der Waals surface area contributed by atoms with Gasteiger partial charge in [-0.25, -0.2) is 0 Å². The van der Waals surface area contributed by atoms with E-state index in [1.54, 1.807) is 0 Å². The molecule has 0 spiro atoms. The third-order valence-corrected chi connectivity index (χ3v) is 3.96. The van der Waals surface area contributed by atoms with Gasteiger partial charge in [0.1, 0.15) is 6.10 Å². The van der Waals surface area contributed by atoms with Crippen LogP contribution in [0, 0.1) is 0 Å². The van der Waals surface area contributed by atoms with Crippen LogP contribution < -0.4 is 0 Å². The maximum atomic E-state index is 12.4. The first kappa shape index (κ1) is 11.7. The third-order valence-electron chi connectivity index (χ3n) is 3.96. The first-order valence-electron chi connectivity index (χ1n) is 6.74. The first-order chi connectivity index (χ1) is 8.75. The average molecular weight is 245 g/mol. The smallest absolute Gasteiger partial charge is 0.252 e. The van der Waals surface area contributed by atoms with Crippen molar-refractivity contribution in [1.29, 1.82) is 0 Å². The van der Waals surface area contributed by atoms with E-state index < -0.39 is 0 Å². The van der Waals surface area contributed by atoms with Crippen molar-refractivity contribution in [3.8, 4) is 0 Å². The van der Waals surface area contributed by atoms with Gasteiger partial charge in [-0.15, -0.1) is 0 Å². The number of carbonyl (C=O) groups is 1. The summed E-state index contributed by atoms with van der Waals surface area (Å²) in [6.45, 7) is 4.47. The summed E-state index contributed by atoms with van der Waals surface area (Å²) < 4.78 is 5.50. The summed E-state index contributed by atoms with van der Waals surface area (Å²) in [5, 5.41) is 0. The molecule has 3 nitrogen and oxygen atoms in total. The van der Waals surface area contributed by atoms with Gasteiger partial charge in [0, 0.05) is 19.7 Å². The highest BCUT2D eigenvalue weighted by Crippen LogP contribution is 2.29. The molecule has 1 amide bonds. The van der Waals surface area contributed by atoms with Crippen LogP contribution >= 0.6 is 0 Å². The van der Waals surface area contributed by atoms with Crippen molar-refractivity contribution >= 4 is 5.91 Å². The van der Waals surface area contributed by atoms with Crippen molar-refractivity contribution in [2.24, 2.45) is 0 Å². The summed E-state index contributed by atoms with van der Waals surface area (Å²) in [5.41, 5.74) is 2.66. The molecule has 2 atom stereocenters. The number of nitrogens with zero attached hydrogens (tertiary/aromatic N) is 1. The number of amides is 1. The molecule has 1 saturated heterocycles. The lowest BCUT2D eigenvalue weighted by Gasteiger charge is -2.34. The minimum absolute atomic E-state index is 0.175. The zero-order valence-electron chi connectivity index (χ0n) is 10.8. The van der Waals surface area contributed by atoms with Gasteiger partial charge >= 0.3 is 0 Å². The lowest BCUT2D eigenvalue weighted by atomic mass is 9.91. The molecule has 96 valence electrons. The fourth-order valence-corrected chi connectivity index (χ4v) is 3.00. The molecule has 1 aromatic carbocycles. The second-order valence-corrected chi connectivity index (χ2v) is 5.32. The third kappa shape index (κ3) is 2.03. The van der Waals surface area contributed by atoms with Crippen LogP contribution in [0.4, 0.5) is 0 Å². The van der Waals surface area contributed by atoms with Crippen molar-refractivity contribution in [3.05, 3.63) is 35.4 Å². The monoisotopic (exact) mass is 245 g/mol. The Morgan fingerprint density at radius 1 is 1.39 bits per heavy atom. The highest BCUT2D eigenvalue weighted by molar-refractivity contribution is 5.81. The molecule has 2 aliphatic rings. The molecule has 0 bridgehead atoms. The number of hydrogen-bond acceptors (Lipinski definition) is 2. The molecule has 1 aromatic rings. The van der Waals surface area contributed by atoms with Crippen LogP contribution in [0.3, 0.4) is 0 Å². The maximum absolute atomic E-state index is 12.4. The zero-order valence-corrected chi connectivity index (χ0v) is 10.8. The van der Waals surface area contributed by atoms with Crippen molar-refractivity contribution in [3.63, 3.8) is 0 Å². The molecule has 3 heteroatoms. The molecule has 2 aliphatic heterocycles. The Morgan fingerprint density at radius 2 is 2.22 bits per heavy atom. The first-order valence-corrected chi connectivity index (χ1v) is 6.74. The van der Waals surface area contributed by atoms with E-state index in [0.717, 1.165) is 32.5 Å². The van der Waals surface area contributed by atoms with E-state index in [1.165, 1.54) is 11.1 Å². The fraction of sp³-hybridized carbons (Fsp3) is 0.533. The van der Waals surface area contributed by atoms with Gasteiger partial charge in [-0.2, -0.15) is 0 Å². The van der Waals surface area contributed by atoms with E-state index in [2.05, 4.69) is 25.1 Å². The van der Waals surface area contributed by atoms with Crippen molar-refractivity contribution < 1.29 is 9.53 Å². The van der Waals surface area contributed by atoms with E-state index in [1.807, 2.05) is 11.0 Å². The summed E-state index contributed by atoms with van der Waals surface area (Å²) in [6, 6.07) is 8.42. The van der Waals surface area contributed by atoms with Gasteiger partial charge in [-0.1, -0.05) is 31.2 Å². The van der Waals surface area contributed by atoms with E-state index >= 15 is 0 Å². The van der Waals surface area contributed by atoms with Crippen molar-refractivity contribution in [2.45, 2.75) is 38.3 Å². The predicted molar refractivity (Wildman–Crippen MR) is 69.2 cm³/mol. The average Bonchev–Trinajstić information content (AvgIpc) is 2.91. The normalized spacial score (nSPS) is 27.1. The van der Waals surface area contributed by atoms with Gasteiger partial charge in [0.2, 0.25) is 0 Å². The Kier molecular flexibility index (Phi) is 3.08. The fourth-order valence-electron chi connectivity index (χ4n) is 3.00. The zero-order chi connectivity index (χ0) is 12.5. The van der Waals surface area contributed by atoms with Gasteiger partial charge in [-0.05, 0) is 29.9 Å². The van der Waals surface area contributed by atoms with Crippen LogP contribution in [0.5, 0.6) is 0 Å². The molecule has 0 aliphatic carbocycles. The quantitative estimate of drug-likeness (QED) is 0.760. The second kappa shape index (κ2) is 4.73. The Hall–Kier alpha value is -1.35. The standard InChI is InChI=1S/C15H19NO2/c1-11-9-16(15(17)14-7-4-8-18-14)10-12-5-2-3-6-13(11)12/h2-3,5-6,11,14H,4,7-10H2,1H3. The molecule has 0 radical (unpaired) electrons. The number of rotatable bonds is 1. The van der Waals surface area contributed by atoms with Crippen LogP contribution in [0.2, 0.25) is 0 Å². The van der Waals surface area contributed by atoms with Gasteiger partial charge in [0.25, 0.3) is 5.91 Å². The molecule has 2 unspecified atom stereocenters. The highest BCUT2D eigenvalue weighted by atomic mass is 16.5. The summed E-state index contributed by atoms with van der Waals surface area (Å²) in [7, 11) is 0. The van der Waals surface area contributed by atoms with Gasteiger partial charge < -0.3 is 9.64 Å². The van der Waals surface area contributed by atoms with Gasteiger partial charge in [-0.3, -0.25) is 4.79 Å². The number of hydrogen-bond donors (Lipinski definition) is 0. The molecule has 0 saturated carbocycles. The second-order valence-electron chi connectivity index (χ2n) is 5.32. The predicted octanol–water partition coefficient (Wildman–Crippen LogP) is 2.31. The van der Waals surface area contributed by atoms with E-state index in [9.17, 15) is 4.79 Å². The Balaban J connectivity index is 1.79. The van der Waals surface area contributed by atoms with E-state index in [4.69, 9.17) is 4.74 Å². The Bertz CT molecular complexity index is 452. The molecule has 1 fully saturated rings. The minimum Gasteiger partial charge on any atom is -0.368 e. The topological polar surface area (TPSA) is 29.5 Å². The molecule has 3 rings (SSSR count). The number of fused-ring (bicyclic) bond motifs is 1. The molecular weight excluding hydrogens is 226 g/mol. The lowest BCUT2D eigenvalue weighted by molar-refractivity contribution is -0.142. The minimum atomic E-state index is -0.192. The van der Waals surface area contributed by atoms with Crippen molar-refractivity contribution in [1.82, 2.24) is 4.90 Å². The SMILES string of the molecule is CC1CN(C(=O)C2CCCO2)Cc2ccccc21.